The van der Waals surface area contributed by atoms with E-state index in [0.29, 0.717) is 12.2 Å². The highest BCUT2D eigenvalue weighted by atomic mass is 79.9. The Bertz CT molecular complexity index is 239. The summed E-state index contributed by atoms with van der Waals surface area (Å²) >= 11 is 2.94. The lowest BCUT2D eigenvalue weighted by Crippen LogP contribution is -2.04. The minimum absolute atomic E-state index is 0.319. The van der Waals surface area contributed by atoms with E-state index in [-0.39, 0.29) is 5.97 Å². The molecule has 4 heteroatoms. The first kappa shape index (κ1) is 12.1. The van der Waals surface area contributed by atoms with Crippen molar-refractivity contribution in [3.05, 3.63) is 30.1 Å². The third-order valence-corrected chi connectivity index (χ3v) is 1.17. The Hall–Kier alpha value is -0.900. The molecule has 0 radical (unpaired) electrons. The van der Waals surface area contributed by atoms with Crippen molar-refractivity contribution < 1.29 is 9.53 Å². The van der Waals surface area contributed by atoms with Gasteiger partial charge in [0.05, 0.1) is 12.2 Å². The molecule has 1 heterocycles. The maximum Gasteiger partial charge on any atom is 0.339 e. The SMILES string of the molecule is CBr.CCOC(=O)c1cccnc1. The van der Waals surface area contributed by atoms with Gasteiger partial charge in [0.2, 0.25) is 0 Å². The quantitative estimate of drug-likeness (QED) is 0.593. The largest absolute Gasteiger partial charge is 0.462 e. The molecule has 0 saturated heterocycles. The molecule has 1 aromatic rings. The van der Waals surface area contributed by atoms with Crippen LogP contribution in [0.15, 0.2) is 24.5 Å². The molecule has 0 bridgehead atoms. The second-order valence-electron chi connectivity index (χ2n) is 1.96. The normalized spacial score (nSPS) is 8.23. The van der Waals surface area contributed by atoms with Crippen LogP contribution in [0.1, 0.15) is 17.3 Å². The molecule has 1 aromatic heterocycles. The highest BCUT2D eigenvalue weighted by molar-refractivity contribution is 9.08. The summed E-state index contributed by atoms with van der Waals surface area (Å²) in [6.07, 6.45) is 3.10. The topological polar surface area (TPSA) is 39.2 Å². The molecule has 0 fully saturated rings. The van der Waals surface area contributed by atoms with Crippen LogP contribution in [0.4, 0.5) is 0 Å². The van der Waals surface area contributed by atoms with Crippen molar-refractivity contribution >= 4 is 21.9 Å². The van der Waals surface area contributed by atoms with Crippen LogP contribution in [0.5, 0.6) is 0 Å². The predicted octanol–water partition coefficient (Wildman–Crippen LogP) is 2.27. The average Bonchev–Trinajstić information content (AvgIpc) is 2.23. The van der Waals surface area contributed by atoms with Crippen LogP contribution in [0.2, 0.25) is 0 Å². The van der Waals surface area contributed by atoms with Crippen molar-refractivity contribution in [1.29, 1.82) is 0 Å². The number of pyridine rings is 1. The minimum atomic E-state index is -0.319. The average molecular weight is 246 g/mol. The Morgan fingerprint density at radius 2 is 2.31 bits per heavy atom. The molecule has 0 spiro atoms. The van der Waals surface area contributed by atoms with E-state index < -0.39 is 0 Å². The fraction of sp³-hybridized carbons (Fsp3) is 0.333. The minimum Gasteiger partial charge on any atom is -0.462 e. The Kier molecular flexibility index (Phi) is 7.20. The number of esters is 1. The molecule has 13 heavy (non-hydrogen) atoms. The van der Waals surface area contributed by atoms with Crippen LogP contribution < -0.4 is 0 Å². The number of alkyl halides is 1. The molecular formula is C9H12BrNO2. The summed E-state index contributed by atoms with van der Waals surface area (Å²) in [5.74, 6) is 1.49. The number of hydrogen-bond donors (Lipinski definition) is 0. The number of halogens is 1. The van der Waals surface area contributed by atoms with E-state index in [2.05, 4.69) is 20.9 Å². The van der Waals surface area contributed by atoms with Crippen LogP contribution in [-0.2, 0) is 4.74 Å². The lowest BCUT2D eigenvalue weighted by atomic mass is 10.3. The summed E-state index contributed by atoms with van der Waals surface area (Å²) in [6.45, 7) is 2.17. The van der Waals surface area contributed by atoms with E-state index in [1.54, 1.807) is 25.3 Å². The summed E-state index contributed by atoms with van der Waals surface area (Å²) in [6, 6.07) is 3.37. The molecule has 0 atom stereocenters. The fourth-order valence-corrected chi connectivity index (χ4v) is 0.698. The molecule has 0 unspecified atom stereocenters. The van der Waals surface area contributed by atoms with Gasteiger partial charge in [-0.15, -0.1) is 0 Å². The molecule has 0 amide bonds. The molecular weight excluding hydrogens is 234 g/mol. The number of carbonyl (C=O) groups is 1. The summed E-state index contributed by atoms with van der Waals surface area (Å²) in [4.78, 5) is 14.8. The molecule has 0 aromatic carbocycles. The lowest BCUT2D eigenvalue weighted by Gasteiger charge is -1.98. The number of ether oxygens (including phenoxy) is 1. The third kappa shape index (κ3) is 4.62. The Morgan fingerprint density at radius 1 is 1.62 bits per heavy atom. The highest BCUT2D eigenvalue weighted by Gasteiger charge is 2.03. The summed E-state index contributed by atoms with van der Waals surface area (Å²) in [5, 5.41) is 0. The van der Waals surface area contributed by atoms with Crippen molar-refractivity contribution in [1.82, 2.24) is 4.98 Å². The second-order valence-corrected chi connectivity index (χ2v) is 1.96. The van der Waals surface area contributed by atoms with Gasteiger partial charge in [-0.3, -0.25) is 4.98 Å². The molecule has 0 aliphatic carbocycles. The van der Waals surface area contributed by atoms with Crippen LogP contribution in [-0.4, -0.2) is 23.4 Å². The monoisotopic (exact) mass is 245 g/mol. The van der Waals surface area contributed by atoms with E-state index in [4.69, 9.17) is 4.74 Å². The van der Waals surface area contributed by atoms with E-state index >= 15 is 0 Å². The maximum atomic E-state index is 11.0. The van der Waals surface area contributed by atoms with Gasteiger partial charge < -0.3 is 4.74 Å². The second kappa shape index (κ2) is 7.73. The van der Waals surface area contributed by atoms with E-state index in [0.717, 1.165) is 0 Å². The van der Waals surface area contributed by atoms with Gasteiger partial charge in [0, 0.05) is 12.4 Å². The Balaban J connectivity index is 0.000000671. The Morgan fingerprint density at radius 3 is 2.77 bits per heavy atom. The summed E-state index contributed by atoms with van der Waals surface area (Å²) < 4.78 is 4.75. The standard InChI is InChI=1S/C8H9NO2.CH3Br/c1-2-11-8(10)7-4-3-5-9-6-7;1-2/h3-6H,2H2,1H3;1H3. The van der Waals surface area contributed by atoms with Gasteiger partial charge >= 0.3 is 5.97 Å². The van der Waals surface area contributed by atoms with Gasteiger partial charge in [-0.2, -0.15) is 0 Å². The molecule has 1 rings (SSSR count). The lowest BCUT2D eigenvalue weighted by molar-refractivity contribution is 0.0526. The van der Waals surface area contributed by atoms with Crippen molar-refractivity contribution in [2.24, 2.45) is 0 Å². The van der Waals surface area contributed by atoms with Crippen molar-refractivity contribution in [3.8, 4) is 0 Å². The smallest absolute Gasteiger partial charge is 0.339 e. The van der Waals surface area contributed by atoms with Crippen molar-refractivity contribution in [3.63, 3.8) is 0 Å². The van der Waals surface area contributed by atoms with Gasteiger partial charge in [0.15, 0.2) is 0 Å². The summed E-state index contributed by atoms with van der Waals surface area (Å²) in [7, 11) is 0. The zero-order valence-corrected chi connectivity index (χ0v) is 9.24. The zero-order valence-electron chi connectivity index (χ0n) is 7.66. The van der Waals surface area contributed by atoms with E-state index in [1.807, 2.05) is 5.83 Å². The molecule has 0 aliphatic rings. The molecule has 0 N–H and O–H groups in total. The van der Waals surface area contributed by atoms with Crippen molar-refractivity contribution in [2.45, 2.75) is 6.92 Å². The van der Waals surface area contributed by atoms with Gasteiger partial charge in [-0.25, -0.2) is 4.79 Å². The number of nitrogens with zero attached hydrogens (tertiary/aromatic N) is 1. The number of aromatic nitrogens is 1. The first-order valence-corrected chi connectivity index (χ1v) is 5.38. The number of hydrogen-bond acceptors (Lipinski definition) is 3. The molecule has 0 saturated carbocycles. The Labute approximate surface area is 86.3 Å². The van der Waals surface area contributed by atoms with Gasteiger partial charge in [0.25, 0.3) is 0 Å². The number of carbonyl (C=O) groups excluding carboxylic acids is 1. The predicted molar refractivity (Wildman–Crippen MR) is 55.0 cm³/mol. The van der Waals surface area contributed by atoms with Crippen LogP contribution in [0, 0.1) is 0 Å². The van der Waals surface area contributed by atoms with Crippen LogP contribution in [0.3, 0.4) is 0 Å². The number of rotatable bonds is 2. The zero-order chi connectivity index (χ0) is 10.1. The van der Waals surface area contributed by atoms with Crippen molar-refractivity contribution in [2.75, 3.05) is 12.4 Å². The molecule has 72 valence electrons. The maximum absolute atomic E-state index is 11.0. The van der Waals surface area contributed by atoms with Crippen LogP contribution in [0.25, 0.3) is 0 Å². The third-order valence-electron chi connectivity index (χ3n) is 1.17. The van der Waals surface area contributed by atoms with Crippen LogP contribution >= 0.6 is 15.9 Å². The first-order chi connectivity index (χ1) is 6.34. The van der Waals surface area contributed by atoms with Gasteiger partial charge in [-0.05, 0) is 24.9 Å². The molecule has 0 aliphatic heterocycles. The summed E-state index contributed by atoms with van der Waals surface area (Å²) in [5.41, 5.74) is 0.495. The fourth-order valence-electron chi connectivity index (χ4n) is 0.698. The van der Waals surface area contributed by atoms with Gasteiger partial charge in [0.1, 0.15) is 0 Å². The van der Waals surface area contributed by atoms with Gasteiger partial charge in [-0.1, -0.05) is 15.9 Å². The molecule has 3 nitrogen and oxygen atoms in total. The van der Waals surface area contributed by atoms with E-state index in [1.165, 1.54) is 6.20 Å². The highest BCUT2D eigenvalue weighted by Crippen LogP contribution is 1.97. The van der Waals surface area contributed by atoms with E-state index in [9.17, 15) is 4.79 Å². The first-order valence-electron chi connectivity index (χ1n) is 3.79.